The highest BCUT2D eigenvalue weighted by Crippen LogP contribution is 2.31. The number of aromatic hydroxyl groups is 1. The van der Waals surface area contributed by atoms with Gasteiger partial charge in [-0.3, -0.25) is 4.79 Å². The first-order chi connectivity index (χ1) is 11.2. The lowest BCUT2D eigenvalue weighted by molar-refractivity contribution is -0.137. The lowest BCUT2D eigenvalue weighted by Gasteiger charge is -2.07. The van der Waals surface area contributed by atoms with Gasteiger partial charge in [-0.25, -0.2) is 5.43 Å². The van der Waals surface area contributed by atoms with Crippen LogP contribution in [-0.2, 0) is 6.18 Å². The van der Waals surface area contributed by atoms with Crippen molar-refractivity contribution in [3.63, 3.8) is 0 Å². The minimum Gasteiger partial charge on any atom is -0.506 e. The molecule has 24 heavy (non-hydrogen) atoms. The van der Waals surface area contributed by atoms with E-state index in [1.807, 2.05) is 0 Å². The van der Waals surface area contributed by atoms with Crippen LogP contribution in [0.1, 0.15) is 21.5 Å². The van der Waals surface area contributed by atoms with Gasteiger partial charge in [-0.05, 0) is 29.8 Å². The highest BCUT2D eigenvalue weighted by atomic mass is 35.5. The van der Waals surface area contributed by atoms with Crippen LogP contribution in [0.2, 0.25) is 10.0 Å². The van der Waals surface area contributed by atoms with Crippen molar-refractivity contribution < 1.29 is 23.1 Å². The van der Waals surface area contributed by atoms with E-state index in [1.165, 1.54) is 24.3 Å². The van der Waals surface area contributed by atoms with Gasteiger partial charge in [0, 0.05) is 5.02 Å². The van der Waals surface area contributed by atoms with Crippen LogP contribution in [0.3, 0.4) is 0 Å². The number of phenols is 1. The van der Waals surface area contributed by atoms with Crippen molar-refractivity contribution in [2.75, 3.05) is 0 Å². The Kier molecular flexibility index (Phi) is 5.36. The van der Waals surface area contributed by atoms with E-state index in [1.54, 1.807) is 0 Å². The molecule has 1 amide bonds. The van der Waals surface area contributed by atoms with E-state index < -0.39 is 23.4 Å². The Morgan fingerprint density at radius 2 is 1.92 bits per heavy atom. The maximum absolute atomic E-state index is 12.6. The Morgan fingerprint density at radius 3 is 2.58 bits per heavy atom. The van der Waals surface area contributed by atoms with Gasteiger partial charge in [-0.1, -0.05) is 35.3 Å². The first kappa shape index (κ1) is 18.1. The second kappa shape index (κ2) is 7.11. The Bertz CT molecular complexity index is 808. The summed E-state index contributed by atoms with van der Waals surface area (Å²) in [6.07, 6.45) is -3.44. The van der Waals surface area contributed by atoms with E-state index in [-0.39, 0.29) is 21.2 Å². The molecule has 0 spiro atoms. The standard InChI is InChI=1S/C15H9Cl2F3N2O2/c16-10-5-11(13(23)12(17)6-10)14(24)22-21-7-8-2-1-3-9(4-8)15(18,19)20/h1-7,23H,(H,22,24)/b21-7-. The van der Waals surface area contributed by atoms with Crippen LogP contribution in [0.5, 0.6) is 5.75 Å². The zero-order valence-electron chi connectivity index (χ0n) is 11.7. The van der Waals surface area contributed by atoms with Crippen LogP contribution in [0, 0.1) is 0 Å². The number of hydrogen-bond acceptors (Lipinski definition) is 3. The van der Waals surface area contributed by atoms with Crippen LogP contribution < -0.4 is 5.43 Å². The molecule has 0 atom stereocenters. The molecule has 4 nitrogen and oxygen atoms in total. The van der Waals surface area contributed by atoms with Gasteiger partial charge in [0.2, 0.25) is 0 Å². The van der Waals surface area contributed by atoms with Gasteiger partial charge in [-0.15, -0.1) is 0 Å². The number of nitrogens with zero attached hydrogens (tertiary/aromatic N) is 1. The van der Waals surface area contributed by atoms with E-state index in [9.17, 15) is 23.1 Å². The Morgan fingerprint density at radius 1 is 1.21 bits per heavy atom. The Balaban J connectivity index is 2.14. The molecule has 0 bridgehead atoms. The number of hydrazone groups is 1. The van der Waals surface area contributed by atoms with Gasteiger partial charge in [0.05, 0.1) is 22.4 Å². The van der Waals surface area contributed by atoms with Crippen molar-refractivity contribution in [2.45, 2.75) is 6.18 Å². The van der Waals surface area contributed by atoms with Crippen LogP contribution >= 0.6 is 23.2 Å². The molecule has 0 heterocycles. The van der Waals surface area contributed by atoms with Crippen LogP contribution in [0.15, 0.2) is 41.5 Å². The summed E-state index contributed by atoms with van der Waals surface area (Å²) < 4.78 is 37.8. The number of carbonyl (C=O) groups excluding carboxylic acids is 1. The molecule has 0 unspecified atom stereocenters. The molecule has 0 aliphatic rings. The molecule has 2 N–H and O–H groups in total. The molecule has 0 radical (unpaired) electrons. The fourth-order valence-electron chi connectivity index (χ4n) is 1.76. The van der Waals surface area contributed by atoms with Gasteiger partial charge in [0.1, 0.15) is 5.75 Å². The fraction of sp³-hybridized carbons (Fsp3) is 0.0667. The summed E-state index contributed by atoms with van der Waals surface area (Å²) in [5.41, 5.74) is 1.16. The summed E-state index contributed by atoms with van der Waals surface area (Å²) >= 11 is 11.4. The SMILES string of the molecule is O=C(N/N=C\c1cccc(C(F)(F)F)c1)c1cc(Cl)cc(Cl)c1O. The molecule has 0 aliphatic heterocycles. The molecule has 0 fully saturated rings. The quantitative estimate of drug-likeness (QED) is 0.612. The molecule has 126 valence electrons. The van der Waals surface area contributed by atoms with E-state index in [0.29, 0.717) is 0 Å². The van der Waals surface area contributed by atoms with Crippen molar-refractivity contribution in [3.8, 4) is 5.75 Å². The highest BCUT2D eigenvalue weighted by Gasteiger charge is 2.30. The molecule has 2 aromatic rings. The van der Waals surface area contributed by atoms with E-state index >= 15 is 0 Å². The second-order valence-corrected chi connectivity index (χ2v) is 5.45. The summed E-state index contributed by atoms with van der Waals surface area (Å²) in [5, 5.41) is 13.3. The average Bonchev–Trinajstić information content (AvgIpc) is 2.50. The van der Waals surface area contributed by atoms with E-state index in [0.717, 1.165) is 18.3 Å². The predicted octanol–water partition coefficient (Wildman–Crippen LogP) is 4.48. The van der Waals surface area contributed by atoms with Crippen molar-refractivity contribution >= 4 is 35.3 Å². The molecule has 0 saturated carbocycles. The van der Waals surface area contributed by atoms with Gasteiger partial charge in [0.15, 0.2) is 0 Å². The number of halogens is 5. The first-order valence-electron chi connectivity index (χ1n) is 6.37. The number of nitrogens with one attached hydrogen (secondary N) is 1. The number of amides is 1. The number of rotatable bonds is 3. The molecule has 0 aliphatic carbocycles. The first-order valence-corrected chi connectivity index (χ1v) is 7.13. The van der Waals surface area contributed by atoms with Gasteiger partial charge < -0.3 is 5.11 Å². The van der Waals surface area contributed by atoms with Gasteiger partial charge >= 0.3 is 6.18 Å². The largest absolute Gasteiger partial charge is 0.506 e. The third-order valence-electron chi connectivity index (χ3n) is 2.87. The van der Waals surface area contributed by atoms with Crippen LogP contribution in [0.4, 0.5) is 13.2 Å². The van der Waals surface area contributed by atoms with Crippen molar-refractivity contribution in [1.82, 2.24) is 5.43 Å². The van der Waals surface area contributed by atoms with Crippen molar-refractivity contribution in [2.24, 2.45) is 5.10 Å². The minimum absolute atomic E-state index is 0.116. The van der Waals surface area contributed by atoms with E-state index in [4.69, 9.17) is 23.2 Å². The molecular weight excluding hydrogens is 368 g/mol. The third-order valence-corrected chi connectivity index (χ3v) is 3.37. The average molecular weight is 377 g/mol. The Hall–Kier alpha value is -2.25. The summed E-state index contributed by atoms with van der Waals surface area (Å²) in [7, 11) is 0. The number of alkyl halides is 3. The van der Waals surface area contributed by atoms with Gasteiger partial charge in [-0.2, -0.15) is 18.3 Å². The molecule has 2 aromatic carbocycles. The number of phenolic OH excluding ortho intramolecular Hbond substituents is 1. The third kappa shape index (κ3) is 4.39. The zero-order chi connectivity index (χ0) is 17.9. The lowest BCUT2D eigenvalue weighted by atomic mass is 10.1. The summed E-state index contributed by atoms with van der Waals surface area (Å²) in [5.74, 6) is -1.30. The summed E-state index contributed by atoms with van der Waals surface area (Å²) in [6, 6.07) is 6.83. The predicted molar refractivity (Wildman–Crippen MR) is 84.6 cm³/mol. The van der Waals surface area contributed by atoms with Crippen molar-refractivity contribution in [1.29, 1.82) is 0 Å². The van der Waals surface area contributed by atoms with Crippen molar-refractivity contribution in [3.05, 3.63) is 63.1 Å². The minimum atomic E-state index is -4.48. The maximum atomic E-state index is 12.6. The zero-order valence-corrected chi connectivity index (χ0v) is 13.2. The maximum Gasteiger partial charge on any atom is 0.416 e. The molecule has 0 saturated heterocycles. The number of hydrogen-bond donors (Lipinski definition) is 2. The number of carbonyl (C=O) groups is 1. The normalized spacial score (nSPS) is 11.7. The molecule has 9 heteroatoms. The summed E-state index contributed by atoms with van der Waals surface area (Å²) in [4.78, 5) is 11.9. The van der Waals surface area contributed by atoms with E-state index in [2.05, 4.69) is 10.5 Å². The van der Waals surface area contributed by atoms with Crippen LogP contribution in [-0.4, -0.2) is 17.2 Å². The Labute approximate surface area is 144 Å². The summed E-state index contributed by atoms with van der Waals surface area (Å²) in [6.45, 7) is 0. The molecular formula is C15H9Cl2F3N2O2. The monoisotopic (exact) mass is 376 g/mol. The van der Waals surface area contributed by atoms with Crippen LogP contribution in [0.25, 0.3) is 0 Å². The second-order valence-electron chi connectivity index (χ2n) is 4.61. The topological polar surface area (TPSA) is 61.7 Å². The lowest BCUT2D eigenvalue weighted by Crippen LogP contribution is -2.18. The van der Waals surface area contributed by atoms with Gasteiger partial charge in [0.25, 0.3) is 5.91 Å². The molecule has 2 rings (SSSR count). The smallest absolute Gasteiger partial charge is 0.416 e. The molecule has 0 aromatic heterocycles. The highest BCUT2D eigenvalue weighted by molar-refractivity contribution is 6.36. The fourth-order valence-corrected chi connectivity index (χ4v) is 2.25. The number of benzene rings is 2.